The van der Waals surface area contributed by atoms with E-state index in [4.69, 9.17) is 28.6 Å². The molecule has 0 saturated carbocycles. The Morgan fingerprint density at radius 3 is 2.45 bits per heavy atom. The largest absolute Gasteiger partial charge is 0.488 e. The molecule has 1 aliphatic rings. The number of nitrogens with zero attached hydrogens (tertiary/aromatic N) is 1. The van der Waals surface area contributed by atoms with E-state index in [-0.39, 0.29) is 5.91 Å². The molecule has 31 heavy (non-hydrogen) atoms. The van der Waals surface area contributed by atoms with E-state index < -0.39 is 0 Å². The SMILES string of the molecule is CCc1ccccc1N1C(=O)/C(=C/c2ccccc2OCc2ccccc2Cl)SC1=S. The van der Waals surface area contributed by atoms with Gasteiger partial charge in [0.2, 0.25) is 0 Å². The number of hydrogen-bond donors (Lipinski definition) is 0. The van der Waals surface area contributed by atoms with Gasteiger partial charge in [-0.1, -0.05) is 97.1 Å². The number of aryl methyl sites for hydroxylation is 1. The first-order valence-electron chi connectivity index (χ1n) is 9.89. The van der Waals surface area contributed by atoms with Gasteiger partial charge in [-0.3, -0.25) is 9.69 Å². The minimum absolute atomic E-state index is 0.114. The zero-order valence-electron chi connectivity index (χ0n) is 16.9. The fraction of sp³-hybridized carbons (Fsp3) is 0.120. The molecule has 3 aromatic rings. The molecule has 0 N–H and O–H groups in total. The van der Waals surface area contributed by atoms with Crippen LogP contribution < -0.4 is 9.64 Å². The molecule has 3 nitrogen and oxygen atoms in total. The van der Waals surface area contributed by atoms with E-state index in [9.17, 15) is 4.79 Å². The number of thiocarbonyl (C=S) groups is 1. The molecule has 0 bridgehead atoms. The van der Waals surface area contributed by atoms with Crippen molar-refractivity contribution in [3.05, 3.63) is 99.4 Å². The number of anilines is 1. The lowest BCUT2D eigenvalue weighted by molar-refractivity contribution is -0.113. The maximum Gasteiger partial charge on any atom is 0.270 e. The van der Waals surface area contributed by atoms with Crippen LogP contribution in [0.1, 0.15) is 23.6 Å². The summed E-state index contributed by atoms with van der Waals surface area (Å²) in [5, 5.41) is 0.662. The van der Waals surface area contributed by atoms with Crippen LogP contribution in [0.3, 0.4) is 0 Å². The van der Waals surface area contributed by atoms with Crippen molar-refractivity contribution in [3.63, 3.8) is 0 Å². The third-order valence-corrected chi connectivity index (χ3v) is 6.62. The van der Waals surface area contributed by atoms with Crippen molar-refractivity contribution in [1.29, 1.82) is 0 Å². The van der Waals surface area contributed by atoms with Crippen molar-refractivity contribution in [3.8, 4) is 5.75 Å². The Morgan fingerprint density at radius 2 is 1.68 bits per heavy atom. The lowest BCUT2D eigenvalue weighted by Gasteiger charge is -2.18. The van der Waals surface area contributed by atoms with Gasteiger partial charge in [0.05, 0.1) is 10.6 Å². The highest BCUT2D eigenvalue weighted by Crippen LogP contribution is 2.38. The second-order valence-corrected chi connectivity index (χ2v) is 9.00. The van der Waals surface area contributed by atoms with Crippen LogP contribution in [0.15, 0.2) is 77.7 Å². The fourth-order valence-corrected chi connectivity index (χ4v) is 4.81. The van der Waals surface area contributed by atoms with Gasteiger partial charge < -0.3 is 4.74 Å². The molecule has 6 heteroatoms. The number of carbonyl (C=O) groups is 1. The van der Waals surface area contributed by atoms with E-state index >= 15 is 0 Å². The first-order valence-corrected chi connectivity index (χ1v) is 11.5. The maximum atomic E-state index is 13.2. The summed E-state index contributed by atoms with van der Waals surface area (Å²) < 4.78 is 6.56. The average molecular weight is 466 g/mol. The summed E-state index contributed by atoms with van der Waals surface area (Å²) in [4.78, 5) is 15.4. The number of para-hydroxylation sites is 2. The molecular formula is C25H20ClNO2S2. The number of carbonyl (C=O) groups excluding carboxylic acids is 1. The maximum absolute atomic E-state index is 13.2. The quantitative estimate of drug-likeness (QED) is 0.293. The molecule has 0 aromatic heterocycles. The van der Waals surface area contributed by atoms with Gasteiger partial charge in [0.15, 0.2) is 4.32 Å². The molecule has 1 heterocycles. The molecular weight excluding hydrogens is 446 g/mol. The summed E-state index contributed by atoms with van der Waals surface area (Å²) in [5.41, 5.74) is 3.66. The van der Waals surface area contributed by atoms with Crippen molar-refractivity contribution < 1.29 is 9.53 Å². The summed E-state index contributed by atoms with van der Waals surface area (Å²) in [6.07, 6.45) is 2.67. The summed E-state index contributed by atoms with van der Waals surface area (Å²) >= 11 is 13.1. The Labute approximate surface area is 196 Å². The molecule has 4 rings (SSSR count). The highest BCUT2D eigenvalue weighted by Gasteiger charge is 2.34. The Bertz CT molecular complexity index is 1180. The highest BCUT2D eigenvalue weighted by molar-refractivity contribution is 8.27. The van der Waals surface area contributed by atoms with Crippen molar-refractivity contribution in [2.24, 2.45) is 0 Å². The fourth-order valence-electron chi connectivity index (χ4n) is 3.35. The lowest BCUT2D eigenvalue weighted by Crippen LogP contribution is -2.28. The van der Waals surface area contributed by atoms with E-state index in [1.807, 2.05) is 78.9 Å². The second-order valence-electron chi connectivity index (χ2n) is 6.92. The van der Waals surface area contributed by atoms with Crippen LogP contribution in [-0.2, 0) is 17.8 Å². The van der Waals surface area contributed by atoms with Crippen molar-refractivity contribution in [2.75, 3.05) is 4.90 Å². The second kappa shape index (κ2) is 9.69. The summed E-state index contributed by atoms with van der Waals surface area (Å²) in [6.45, 7) is 2.41. The van der Waals surface area contributed by atoms with Gasteiger partial charge in [-0.2, -0.15) is 0 Å². The number of benzene rings is 3. The van der Waals surface area contributed by atoms with Gasteiger partial charge in [-0.25, -0.2) is 0 Å². The topological polar surface area (TPSA) is 29.5 Å². The molecule has 0 radical (unpaired) electrons. The van der Waals surface area contributed by atoms with E-state index in [0.717, 1.165) is 28.8 Å². The van der Waals surface area contributed by atoms with Crippen molar-refractivity contribution in [2.45, 2.75) is 20.0 Å². The third-order valence-electron chi connectivity index (χ3n) is 4.95. The van der Waals surface area contributed by atoms with Crippen LogP contribution >= 0.6 is 35.6 Å². The van der Waals surface area contributed by atoms with E-state index in [0.29, 0.717) is 26.6 Å². The van der Waals surface area contributed by atoms with Crippen LogP contribution in [0, 0.1) is 0 Å². The average Bonchev–Trinajstić information content (AvgIpc) is 3.06. The lowest BCUT2D eigenvalue weighted by atomic mass is 10.1. The molecule has 156 valence electrons. The van der Waals surface area contributed by atoms with Crippen LogP contribution in [0.2, 0.25) is 5.02 Å². The predicted molar refractivity (Wildman–Crippen MR) is 134 cm³/mol. The minimum atomic E-state index is -0.114. The van der Waals surface area contributed by atoms with Crippen molar-refractivity contribution in [1.82, 2.24) is 0 Å². The predicted octanol–water partition coefficient (Wildman–Crippen LogP) is 6.89. The molecule has 1 saturated heterocycles. The first kappa shape index (κ1) is 21.6. The standard InChI is InChI=1S/C25H20ClNO2S2/c1-2-17-9-4-7-13-21(17)27-24(28)23(31-25(27)30)15-18-10-5-8-14-22(18)29-16-19-11-3-6-12-20(19)26/h3-15H,2,16H2,1H3/b23-15-. The molecule has 0 aliphatic carbocycles. The Morgan fingerprint density at radius 1 is 1.00 bits per heavy atom. The highest BCUT2D eigenvalue weighted by atomic mass is 35.5. The number of rotatable bonds is 6. The van der Waals surface area contributed by atoms with Gasteiger partial charge in [0, 0.05) is 16.1 Å². The Balaban J connectivity index is 1.60. The summed E-state index contributed by atoms with van der Waals surface area (Å²) in [7, 11) is 0. The number of thioether (sulfide) groups is 1. The van der Waals surface area contributed by atoms with Gasteiger partial charge >= 0.3 is 0 Å². The molecule has 3 aromatic carbocycles. The van der Waals surface area contributed by atoms with Gasteiger partial charge in [0.25, 0.3) is 5.91 Å². The molecule has 0 atom stereocenters. The summed E-state index contributed by atoms with van der Waals surface area (Å²) in [6, 6.07) is 23.1. The van der Waals surface area contributed by atoms with Crippen LogP contribution in [-0.4, -0.2) is 10.2 Å². The van der Waals surface area contributed by atoms with E-state index in [2.05, 4.69) is 6.92 Å². The Kier molecular flexibility index (Phi) is 6.76. The first-order chi connectivity index (χ1) is 15.1. The molecule has 0 spiro atoms. The zero-order chi connectivity index (χ0) is 21.8. The van der Waals surface area contributed by atoms with Crippen LogP contribution in [0.5, 0.6) is 5.75 Å². The van der Waals surface area contributed by atoms with Gasteiger partial charge in [-0.15, -0.1) is 0 Å². The van der Waals surface area contributed by atoms with Crippen LogP contribution in [0.4, 0.5) is 5.69 Å². The number of amides is 1. The summed E-state index contributed by atoms with van der Waals surface area (Å²) in [5.74, 6) is 0.568. The van der Waals surface area contributed by atoms with E-state index in [1.54, 1.807) is 4.90 Å². The van der Waals surface area contributed by atoms with Crippen molar-refractivity contribution >= 4 is 57.6 Å². The van der Waals surface area contributed by atoms with E-state index in [1.165, 1.54) is 11.8 Å². The molecule has 0 unspecified atom stereocenters. The monoisotopic (exact) mass is 465 g/mol. The molecule has 1 aliphatic heterocycles. The Hall–Kier alpha value is -2.60. The number of ether oxygens (including phenoxy) is 1. The van der Waals surface area contributed by atoms with Crippen LogP contribution in [0.25, 0.3) is 6.08 Å². The molecule has 1 fully saturated rings. The van der Waals surface area contributed by atoms with Gasteiger partial charge in [0.1, 0.15) is 12.4 Å². The van der Waals surface area contributed by atoms with Gasteiger partial charge in [-0.05, 0) is 36.3 Å². The molecule has 1 amide bonds. The number of halogens is 1. The normalized spacial score (nSPS) is 15.0. The third kappa shape index (κ3) is 4.69. The zero-order valence-corrected chi connectivity index (χ0v) is 19.3. The smallest absolute Gasteiger partial charge is 0.270 e. The minimum Gasteiger partial charge on any atom is -0.488 e. The number of hydrogen-bond acceptors (Lipinski definition) is 4.